The molecule has 0 bridgehead atoms. The first kappa shape index (κ1) is 23.2. The van der Waals surface area contributed by atoms with E-state index in [-0.39, 0.29) is 22.9 Å². The van der Waals surface area contributed by atoms with Crippen LogP contribution in [0, 0.1) is 12.8 Å². The van der Waals surface area contributed by atoms with E-state index in [1.54, 1.807) is 24.0 Å². The Kier molecular flexibility index (Phi) is 7.60. The molecule has 7 nitrogen and oxygen atoms in total. The van der Waals surface area contributed by atoms with Crippen LogP contribution in [-0.2, 0) is 11.3 Å². The molecule has 2 fully saturated rings. The Hall–Kier alpha value is -2.93. The molecule has 2 aliphatic heterocycles. The molecule has 0 spiro atoms. The van der Waals surface area contributed by atoms with Gasteiger partial charge in [-0.25, -0.2) is 0 Å². The summed E-state index contributed by atoms with van der Waals surface area (Å²) in [7, 11) is 0. The number of piperazine rings is 1. The van der Waals surface area contributed by atoms with Crippen molar-refractivity contribution >= 4 is 11.8 Å². The number of rotatable bonds is 6. The summed E-state index contributed by atoms with van der Waals surface area (Å²) < 4.78 is 0. The summed E-state index contributed by atoms with van der Waals surface area (Å²) in [6.07, 6.45) is 3.24. The molecule has 0 aliphatic carbocycles. The first-order valence-corrected chi connectivity index (χ1v) is 12.0. The lowest BCUT2D eigenvalue weighted by molar-refractivity contribution is -0.133. The Bertz CT molecular complexity index is 1010. The summed E-state index contributed by atoms with van der Waals surface area (Å²) >= 11 is 0. The Labute approximate surface area is 195 Å². The van der Waals surface area contributed by atoms with Crippen LogP contribution in [0.2, 0.25) is 0 Å². The van der Waals surface area contributed by atoms with Crippen LogP contribution in [0.5, 0.6) is 0 Å². The van der Waals surface area contributed by atoms with Gasteiger partial charge in [0.2, 0.25) is 5.91 Å². The van der Waals surface area contributed by atoms with Gasteiger partial charge in [0.15, 0.2) is 0 Å². The van der Waals surface area contributed by atoms with Crippen molar-refractivity contribution in [2.75, 3.05) is 39.3 Å². The molecule has 1 atom stereocenters. The number of aromatic amines is 1. The van der Waals surface area contributed by atoms with E-state index in [1.165, 1.54) is 5.56 Å². The molecule has 0 saturated carbocycles. The molecule has 0 unspecified atom stereocenters. The predicted molar refractivity (Wildman–Crippen MR) is 128 cm³/mol. The zero-order chi connectivity index (χ0) is 23.2. The fourth-order valence-corrected chi connectivity index (χ4v) is 4.88. The van der Waals surface area contributed by atoms with Crippen molar-refractivity contribution in [3.05, 3.63) is 69.6 Å². The standard InChI is InChI=1S/C26H34N4O3/c1-20-9-11-23(25(32)27-20)26(33)30-13-5-8-22(19-30)10-12-24(31)29-16-14-28(15-17-29)18-21-6-3-2-4-7-21/h2-4,6-7,9,11,22H,5,8,10,12-19H2,1H3,(H,27,32)/t22-/m1/s1. The molecule has 4 rings (SSSR count). The fourth-order valence-electron chi connectivity index (χ4n) is 4.88. The number of nitrogens with one attached hydrogen (secondary N) is 1. The second kappa shape index (κ2) is 10.8. The summed E-state index contributed by atoms with van der Waals surface area (Å²) in [5.74, 6) is 0.310. The third-order valence-corrected chi connectivity index (χ3v) is 6.83. The molecular weight excluding hydrogens is 416 g/mol. The summed E-state index contributed by atoms with van der Waals surface area (Å²) in [5, 5.41) is 0. The van der Waals surface area contributed by atoms with Gasteiger partial charge in [-0.2, -0.15) is 0 Å². The summed E-state index contributed by atoms with van der Waals surface area (Å²) in [5.41, 5.74) is 1.92. The Morgan fingerprint density at radius 1 is 0.970 bits per heavy atom. The van der Waals surface area contributed by atoms with Crippen LogP contribution < -0.4 is 5.56 Å². The lowest BCUT2D eigenvalue weighted by Gasteiger charge is -2.36. The minimum Gasteiger partial charge on any atom is -0.340 e. The Morgan fingerprint density at radius 2 is 1.73 bits per heavy atom. The highest BCUT2D eigenvalue weighted by Gasteiger charge is 2.27. The number of benzene rings is 1. The maximum Gasteiger partial charge on any atom is 0.260 e. The molecule has 1 aromatic heterocycles. The van der Waals surface area contributed by atoms with Gasteiger partial charge in [0, 0.05) is 57.9 Å². The van der Waals surface area contributed by atoms with Crippen LogP contribution in [-0.4, -0.2) is 70.8 Å². The average Bonchev–Trinajstić information content (AvgIpc) is 2.83. The first-order valence-electron chi connectivity index (χ1n) is 12.0. The van der Waals surface area contributed by atoms with Gasteiger partial charge in [0.05, 0.1) is 0 Å². The van der Waals surface area contributed by atoms with E-state index in [9.17, 15) is 14.4 Å². The van der Waals surface area contributed by atoms with Crippen LogP contribution in [0.15, 0.2) is 47.3 Å². The van der Waals surface area contributed by atoms with Gasteiger partial charge in [-0.05, 0) is 49.8 Å². The van der Waals surface area contributed by atoms with Gasteiger partial charge < -0.3 is 14.8 Å². The van der Waals surface area contributed by atoms with Crippen molar-refractivity contribution in [3.8, 4) is 0 Å². The van der Waals surface area contributed by atoms with Crippen LogP contribution in [0.25, 0.3) is 0 Å². The number of amides is 2. The molecule has 2 aliphatic rings. The molecule has 2 aromatic rings. The highest BCUT2D eigenvalue weighted by Crippen LogP contribution is 2.23. The topological polar surface area (TPSA) is 76.7 Å². The largest absolute Gasteiger partial charge is 0.340 e. The lowest BCUT2D eigenvalue weighted by atomic mass is 9.92. The van der Waals surface area contributed by atoms with Crippen LogP contribution in [0.3, 0.4) is 0 Å². The maximum absolute atomic E-state index is 12.9. The number of nitrogens with zero attached hydrogens (tertiary/aromatic N) is 3. The quantitative estimate of drug-likeness (QED) is 0.734. The first-order chi connectivity index (χ1) is 16.0. The molecule has 3 heterocycles. The van der Waals surface area contributed by atoms with Crippen molar-refractivity contribution in [2.45, 2.75) is 39.2 Å². The SMILES string of the molecule is Cc1ccc(C(=O)N2CCC[C@H](CCC(=O)N3CCN(Cc4ccccc4)CC3)C2)c(=O)[nH]1. The van der Waals surface area contributed by atoms with Crippen molar-refractivity contribution in [2.24, 2.45) is 5.92 Å². The number of likely N-dealkylation sites (tertiary alicyclic amines) is 1. The smallest absolute Gasteiger partial charge is 0.260 e. The van der Waals surface area contributed by atoms with Crippen molar-refractivity contribution in [1.82, 2.24) is 19.7 Å². The molecule has 2 saturated heterocycles. The second-order valence-electron chi connectivity index (χ2n) is 9.32. The van der Waals surface area contributed by atoms with Crippen molar-refractivity contribution < 1.29 is 9.59 Å². The number of pyridine rings is 1. The second-order valence-corrected chi connectivity index (χ2v) is 9.32. The van der Waals surface area contributed by atoms with Gasteiger partial charge in [-0.15, -0.1) is 0 Å². The third kappa shape index (κ3) is 6.11. The molecule has 176 valence electrons. The minimum atomic E-state index is -0.330. The Balaban J connectivity index is 1.22. The van der Waals surface area contributed by atoms with Gasteiger partial charge in [-0.3, -0.25) is 19.3 Å². The number of hydrogen-bond acceptors (Lipinski definition) is 4. The van der Waals surface area contributed by atoms with E-state index < -0.39 is 0 Å². The summed E-state index contributed by atoms with van der Waals surface area (Å²) in [4.78, 5) is 46.7. The monoisotopic (exact) mass is 450 g/mol. The van der Waals surface area contributed by atoms with E-state index in [0.29, 0.717) is 25.4 Å². The van der Waals surface area contributed by atoms with E-state index in [1.807, 2.05) is 11.0 Å². The zero-order valence-corrected chi connectivity index (χ0v) is 19.5. The average molecular weight is 451 g/mol. The number of aromatic nitrogens is 1. The van der Waals surface area contributed by atoms with E-state index in [0.717, 1.165) is 57.7 Å². The highest BCUT2D eigenvalue weighted by atomic mass is 16.2. The molecule has 0 radical (unpaired) electrons. The third-order valence-electron chi connectivity index (χ3n) is 6.83. The molecule has 1 aromatic carbocycles. The van der Waals surface area contributed by atoms with Crippen LogP contribution in [0.4, 0.5) is 0 Å². The van der Waals surface area contributed by atoms with Gasteiger partial charge >= 0.3 is 0 Å². The number of carbonyl (C=O) groups is 2. The Morgan fingerprint density at radius 3 is 2.45 bits per heavy atom. The van der Waals surface area contributed by atoms with E-state index in [4.69, 9.17) is 0 Å². The normalized spacial score (nSPS) is 19.5. The zero-order valence-electron chi connectivity index (χ0n) is 19.5. The van der Waals surface area contributed by atoms with Gasteiger partial charge in [0.25, 0.3) is 11.5 Å². The van der Waals surface area contributed by atoms with Crippen LogP contribution in [0.1, 0.15) is 47.3 Å². The summed E-state index contributed by atoms with van der Waals surface area (Å²) in [6, 6.07) is 13.8. The molecular formula is C26H34N4O3. The molecule has 7 heteroatoms. The van der Waals surface area contributed by atoms with E-state index >= 15 is 0 Å². The van der Waals surface area contributed by atoms with Crippen LogP contribution >= 0.6 is 0 Å². The lowest BCUT2D eigenvalue weighted by Crippen LogP contribution is -2.48. The molecule has 33 heavy (non-hydrogen) atoms. The number of hydrogen-bond donors (Lipinski definition) is 1. The highest BCUT2D eigenvalue weighted by molar-refractivity contribution is 5.93. The predicted octanol–water partition coefficient (Wildman–Crippen LogP) is 2.66. The van der Waals surface area contributed by atoms with Gasteiger partial charge in [-0.1, -0.05) is 30.3 Å². The molecule has 2 amide bonds. The fraction of sp³-hybridized carbons (Fsp3) is 0.500. The number of piperidine rings is 1. The number of aryl methyl sites for hydroxylation is 1. The van der Waals surface area contributed by atoms with Gasteiger partial charge in [0.1, 0.15) is 5.56 Å². The number of carbonyl (C=O) groups excluding carboxylic acids is 2. The maximum atomic E-state index is 12.9. The number of H-pyrrole nitrogens is 1. The van der Waals surface area contributed by atoms with E-state index in [2.05, 4.69) is 34.1 Å². The van der Waals surface area contributed by atoms with Crippen molar-refractivity contribution in [1.29, 1.82) is 0 Å². The minimum absolute atomic E-state index is 0.200. The van der Waals surface area contributed by atoms with Crippen molar-refractivity contribution in [3.63, 3.8) is 0 Å². The molecule has 1 N–H and O–H groups in total. The summed E-state index contributed by atoms with van der Waals surface area (Å²) in [6.45, 7) is 7.36.